The maximum atomic E-state index is 12.1. The van der Waals surface area contributed by atoms with Gasteiger partial charge in [-0.3, -0.25) is 9.48 Å². The number of carbonyl (C=O) groups is 1. The number of halogens is 1. The van der Waals surface area contributed by atoms with Gasteiger partial charge in [-0.15, -0.1) is 0 Å². The SMILES string of the molecule is CN1C(=O)CC[C@H](NCc2ccc(Cl)cc2)[C@H]1c1ccnn1C. The highest BCUT2D eigenvalue weighted by Crippen LogP contribution is 2.30. The van der Waals surface area contributed by atoms with E-state index in [1.54, 1.807) is 6.20 Å². The third-order valence-corrected chi connectivity index (χ3v) is 4.76. The van der Waals surface area contributed by atoms with Crippen molar-refractivity contribution in [1.82, 2.24) is 20.0 Å². The summed E-state index contributed by atoms with van der Waals surface area (Å²) in [5, 5.41) is 8.59. The first-order chi connectivity index (χ1) is 11.1. The number of hydrogen-bond acceptors (Lipinski definition) is 3. The summed E-state index contributed by atoms with van der Waals surface area (Å²) in [6.45, 7) is 0.748. The molecular formula is C17H21ClN4O. The fraction of sp³-hybridized carbons (Fsp3) is 0.412. The van der Waals surface area contributed by atoms with Crippen molar-refractivity contribution in [3.8, 4) is 0 Å². The lowest BCUT2D eigenvalue weighted by Crippen LogP contribution is -2.49. The van der Waals surface area contributed by atoms with Gasteiger partial charge in [-0.1, -0.05) is 23.7 Å². The Morgan fingerprint density at radius 1 is 1.26 bits per heavy atom. The number of benzene rings is 1. The number of nitrogens with zero attached hydrogens (tertiary/aromatic N) is 3. The summed E-state index contributed by atoms with van der Waals surface area (Å²) in [6, 6.07) is 10.0. The van der Waals surface area contributed by atoms with Gasteiger partial charge in [0, 0.05) is 44.3 Å². The van der Waals surface area contributed by atoms with Crippen molar-refractivity contribution in [3.63, 3.8) is 0 Å². The van der Waals surface area contributed by atoms with Crippen molar-refractivity contribution in [3.05, 3.63) is 52.8 Å². The number of carbonyl (C=O) groups excluding carboxylic acids is 1. The summed E-state index contributed by atoms with van der Waals surface area (Å²) >= 11 is 5.93. The smallest absolute Gasteiger partial charge is 0.222 e. The lowest BCUT2D eigenvalue weighted by Gasteiger charge is -2.39. The van der Waals surface area contributed by atoms with E-state index >= 15 is 0 Å². The molecule has 1 N–H and O–H groups in total. The van der Waals surface area contributed by atoms with E-state index in [0.717, 1.165) is 23.7 Å². The predicted octanol–water partition coefficient (Wildman–Crippen LogP) is 2.53. The first kappa shape index (κ1) is 16.0. The van der Waals surface area contributed by atoms with E-state index in [9.17, 15) is 4.79 Å². The molecule has 2 heterocycles. The number of rotatable bonds is 4. The highest BCUT2D eigenvalue weighted by molar-refractivity contribution is 6.30. The molecule has 23 heavy (non-hydrogen) atoms. The molecule has 2 atom stereocenters. The van der Waals surface area contributed by atoms with E-state index in [0.29, 0.717) is 6.42 Å². The van der Waals surface area contributed by atoms with E-state index < -0.39 is 0 Å². The van der Waals surface area contributed by atoms with E-state index in [2.05, 4.69) is 10.4 Å². The molecule has 0 spiro atoms. The van der Waals surface area contributed by atoms with Crippen LogP contribution >= 0.6 is 11.6 Å². The summed E-state index contributed by atoms with van der Waals surface area (Å²) in [5.41, 5.74) is 2.23. The van der Waals surface area contributed by atoms with Crippen LogP contribution in [0.4, 0.5) is 0 Å². The van der Waals surface area contributed by atoms with Gasteiger partial charge in [0.15, 0.2) is 0 Å². The molecule has 6 heteroatoms. The van der Waals surface area contributed by atoms with Crippen LogP contribution in [0.15, 0.2) is 36.5 Å². The third kappa shape index (κ3) is 3.41. The summed E-state index contributed by atoms with van der Waals surface area (Å²) in [6.07, 6.45) is 3.17. The zero-order chi connectivity index (χ0) is 16.4. The zero-order valence-electron chi connectivity index (χ0n) is 13.4. The van der Waals surface area contributed by atoms with Crippen LogP contribution in [0.1, 0.15) is 30.1 Å². The molecular weight excluding hydrogens is 312 g/mol. The van der Waals surface area contributed by atoms with Crippen LogP contribution in [0.25, 0.3) is 0 Å². The Labute approximate surface area is 141 Å². The molecule has 0 bridgehead atoms. The van der Waals surface area contributed by atoms with Crippen LogP contribution in [0.5, 0.6) is 0 Å². The average molecular weight is 333 g/mol. The molecule has 0 unspecified atom stereocenters. The molecule has 1 aliphatic heterocycles. The first-order valence-corrected chi connectivity index (χ1v) is 8.15. The second kappa shape index (κ2) is 6.72. The Kier molecular flexibility index (Phi) is 4.68. The summed E-state index contributed by atoms with van der Waals surface area (Å²) in [7, 11) is 3.79. The number of likely N-dealkylation sites (N-methyl/N-ethyl adjacent to an activating group) is 1. The molecule has 1 saturated heterocycles. The van der Waals surface area contributed by atoms with Gasteiger partial charge in [0.05, 0.1) is 11.7 Å². The van der Waals surface area contributed by atoms with Crippen molar-refractivity contribution >= 4 is 17.5 Å². The largest absolute Gasteiger partial charge is 0.336 e. The second-order valence-corrected chi connectivity index (χ2v) is 6.42. The molecule has 1 aromatic carbocycles. The standard InChI is InChI=1S/C17H21ClN4O/c1-21-16(23)8-7-14(17(21)15-9-10-20-22(15)2)19-11-12-3-5-13(18)6-4-12/h3-6,9-10,14,17,19H,7-8,11H2,1-2H3/t14-,17-/m0/s1. The number of nitrogens with one attached hydrogen (secondary N) is 1. The average Bonchev–Trinajstić information content (AvgIpc) is 2.96. The molecule has 3 rings (SSSR count). The maximum Gasteiger partial charge on any atom is 0.222 e. The Bertz CT molecular complexity index is 682. The van der Waals surface area contributed by atoms with Crippen LogP contribution in [0, 0.1) is 0 Å². The molecule has 5 nitrogen and oxygen atoms in total. The first-order valence-electron chi connectivity index (χ1n) is 7.77. The zero-order valence-corrected chi connectivity index (χ0v) is 14.1. The maximum absolute atomic E-state index is 12.1. The van der Waals surface area contributed by atoms with Gasteiger partial charge in [0.25, 0.3) is 0 Å². The van der Waals surface area contributed by atoms with Crippen LogP contribution in [-0.2, 0) is 18.4 Å². The topological polar surface area (TPSA) is 50.2 Å². The van der Waals surface area contributed by atoms with Crippen molar-refractivity contribution < 1.29 is 4.79 Å². The molecule has 0 radical (unpaired) electrons. The molecule has 2 aromatic rings. The Balaban J connectivity index is 1.77. The quantitative estimate of drug-likeness (QED) is 0.936. The summed E-state index contributed by atoms with van der Waals surface area (Å²) in [5.74, 6) is 0.181. The van der Waals surface area contributed by atoms with E-state index in [-0.39, 0.29) is 18.0 Å². The number of piperidine rings is 1. The Morgan fingerprint density at radius 3 is 2.65 bits per heavy atom. The molecule has 0 aliphatic carbocycles. The predicted molar refractivity (Wildman–Crippen MR) is 90.0 cm³/mol. The van der Waals surface area contributed by atoms with Crippen molar-refractivity contribution in [2.24, 2.45) is 7.05 Å². The van der Waals surface area contributed by atoms with Crippen molar-refractivity contribution in [2.75, 3.05) is 7.05 Å². The van der Waals surface area contributed by atoms with Gasteiger partial charge in [-0.25, -0.2) is 0 Å². The monoisotopic (exact) mass is 332 g/mol. The van der Waals surface area contributed by atoms with Gasteiger partial charge >= 0.3 is 0 Å². The molecule has 1 aliphatic rings. The van der Waals surface area contributed by atoms with Crippen LogP contribution in [0.3, 0.4) is 0 Å². The minimum Gasteiger partial charge on any atom is -0.336 e. The highest BCUT2D eigenvalue weighted by Gasteiger charge is 2.35. The van der Waals surface area contributed by atoms with E-state index in [1.165, 1.54) is 5.56 Å². The van der Waals surface area contributed by atoms with Gasteiger partial charge < -0.3 is 10.2 Å². The van der Waals surface area contributed by atoms with Crippen LogP contribution in [0.2, 0.25) is 5.02 Å². The van der Waals surface area contributed by atoms with Crippen molar-refractivity contribution in [2.45, 2.75) is 31.5 Å². The minimum absolute atomic E-state index is 0.00366. The van der Waals surface area contributed by atoms with E-state index in [1.807, 2.05) is 54.0 Å². The lowest BCUT2D eigenvalue weighted by molar-refractivity contribution is -0.136. The number of aryl methyl sites for hydroxylation is 1. The third-order valence-electron chi connectivity index (χ3n) is 4.50. The van der Waals surface area contributed by atoms with Crippen molar-refractivity contribution in [1.29, 1.82) is 0 Å². The fourth-order valence-corrected chi connectivity index (χ4v) is 3.31. The molecule has 1 aromatic heterocycles. The van der Waals surface area contributed by atoms with Gasteiger partial charge in [0.1, 0.15) is 0 Å². The number of aromatic nitrogens is 2. The summed E-state index contributed by atoms with van der Waals surface area (Å²) < 4.78 is 1.84. The van der Waals surface area contributed by atoms with Gasteiger partial charge in [0.2, 0.25) is 5.91 Å². The number of likely N-dealkylation sites (tertiary alicyclic amines) is 1. The van der Waals surface area contributed by atoms with E-state index in [4.69, 9.17) is 11.6 Å². The molecule has 0 saturated carbocycles. The molecule has 1 amide bonds. The van der Waals surface area contributed by atoms with Crippen LogP contribution < -0.4 is 5.32 Å². The van der Waals surface area contributed by atoms with Crippen LogP contribution in [-0.4, -0.2) is 33.7 Å². The number of hydrogen-bond donors (Lipinski definition) is 1. The molecule has 122 valence electrons. The Morgan fingerprint density at radius 2 is 2.00 bits per heavy atom. The lowest BCUT2D eigenvalue weighted by atomic mass is 9.93. The second-order valence-electron chi connectivity index (χ2n) is 5.98. The summed E-state index contributed by atoms with van der Waals surface area (Å²) in [4.78, 5) is 14.0. The Hall–Kier alpha value is -1.85. The minimum atomic E-state index is -0.00366. The normalized spacial score (nSPS) is 21.7. The fourth-order valence-electron chi connectivity index (χ4n) is 3.18. The highest BCUT2D eigenvalue weighted by atomic mass is 35.5. The number of amides is 1. The van der Waals surface area contributed by atoms with Gasteiger partial charge in [-0.05, 0) is 30.2 Å². The molecule has 1 fully saturated rings. The van der Waals surface area contributed by atoms with Gasteiger partial charge in [-0.2, -0.15) is 5.10 Å².